The zero-order valence-corrected chi connectivity index (χ0v) is 27.7. The molecule has 0 heterocycles. The molecule has 4 heteroatoms. The fraction of sp³-hybridized carbons (Fsp3) is 0.917. The Labute approximate surface area is 247 Å². The highest BCUT2D eigenvalue weighted by Crippen LogP contribution is 2.67. The highest BCUT2D eigenvalue weighted by molar-refractivity contribution is 5.67. The molecule has 4 aliphatic rings. The van der Waals surface area contributed by atoms with Crippen LogP contribution in [0.2, 0.25) is 0 Å². The maximum atomic E-state index is 12.7. The lowest BCUT2D eigenvalue weighted by Crippen LogP contribution is -2.51. The van der Waals surface area contributed by atoms with Gasteiger partial charge >= 0.3 is 6.09 Å². The Balaban J connectivity index is 1.33. The number of rotatable bonds is 11. The van der Waals surface area contributed by atoms with E-state index in [0.29, 0.717) is 29.5 Å². The topological polar surface area (TPSA) is 41.6 Å². The van der Waals surface area contributed by atoms with Gasteiger partial charge in [-0.05, 0) is 119 Å². The molecule has 4 nitrogen and oxygen atoms in total. The zero-order valence-electron chi connectivity index (χ0n) is 27.7. The average Bonchev–Trinajstić information content (AvgIpc) is 3.23. The van der Waals surface area contributed by atoms with Gasteiger partial charge in [-0.2, -0.15) is 0 Å². The van der Waals surface area contributed by atoms with Crippen LogP contribution in [0.1, 0.15) is 133 Å². The second-order valence-corrected chi connectivity index (χ2v) is 15.9. The summed E-state index contributed by atoms with van der Waals surface area (Å²) in [6.45, 7) is 22.9. The van der Waals surface area contributed by atoms with Crippen LogP contribution in [0.25, 0.3) is 0 Å². The number of hydrogen-bond acceptors (Lipinski definition) is 3. The van der Waals surface area contributed by atoms with Gasteiger partial charge in [-0.1, -0.05) is 65.5 Å². The van der Waals surface area contributed by atoms with Crippen molar-refractivity contribution in [2.24, 2.45) is 46.3 Å². The van der Waals surface area contributed by atoms with E-state index < -0.39 is 0 Å². The fourth-order valence-electron chi connectivity index (χ4n) is 10.3. The van der Waals surface area contributed by atoms with Crippen molar-refractivity contribution >= 4 is 6.09 Å². The van der Waals surface area contributed by atoms with E-state index in [-0.39, 0.29) is 12.2 Å². The number of allylic oxidation sites excluding steroid dienone is 1. The van der Waals surface area contributed by atoms with Crippen molar-refractivity contribution in [3.05, 3.63) is 11.6 Å². The van der Waals surface area contributed by atoms with E-state index in [0.717, 1.165) is 54.9 Å². The van der Waals surface area contributed by atoms with E-state index in [4.69, 9.17) is 4.74 Å². The molecule has 3 fully saturated rings. The van der Waals surface area contributed by atoms with Gasteiger partial charge < -0.3 is 10.1 Å². The van der Waals surface area contributed by atoms with Crippen LogP contribution in [0.3, 0.4) is 0 Å². The highest BCUT2D eigenvalue weighted by atomic mass is 16.6. The number of nitrogens with zero attached hydrogens (tertiary/aromatic N) is 1. The number of alkyl carbamates (subject to hydrolysis) is 1. The molecular weight excluding hydrogens is 492 g/mol. The van der Waals surface area contributed by atoms with Gasteiger partial charge in [0, 0.05) is 31.6 Å². The minimum absolute atomic E-state index is 0.0265. The van der Waals surface area contributed by atoms with Crippen molar-refractivity contribution in [3.63, 3.8) is 0 Å². The Kier molecular flexibility index (Phi) is 10.4. The first-order chi connectivity index (χ1) is 18.9. The minimum atomic E-state index is -0.233. The lowest BCUT2D eigenvalue weighted by Gasteiger charge is -2.58. The molecule has 0 aromatic carbocycles. The summed E-state index contributed by atoms with van der Waals surface area (Å²) in [7, 11) is 0. The summed E-state index contributed by atoms with van der Waals surface area (Å²) in [5, 5.41) is 3.04. The van der Waals surface area contributed by atoms with Crippen LogP contribution in [0.4, 0.5) is 4.79 Å². The molecule has 0 saturated heterocycles. The molecule has 0 aromatic rings. The Morgan fingerprint density at radius 2 is 1.70 bits per heavy atom. The molecular formula is C36H64N2O2. The predicted octanol–water partition coefficient (Wildman–Crippen LogP) is 9.24. The summed E-state index contributed by atoms with van der Waals surface area (Å²) in [4.78, 5) is 15.1. The number of hydrogen-bond donors (Lipinski definition) is 1. The monoisotopic (exact) mass is 556 g/mol. The van der Waals surface area contributed by atoms with Crippen molar-refractivity contribution in [2.45, 2.75) is 151 Å². The van der Waals surface area contributed by atoms with E-state index in [1.54, 1.807) is 5.57 Å². The first-order valence-corrected chi connectivity index (χ1v) is 17.3. The maximum Gasteiger partial charge on any atom is 0.407 e. The molecule has 4 aliphatic carbocycles. The van der Waals surface area contributed by atoms with Crippen molar-refractivity contribution in [1.29, 1.82) is 0 Å². The molecule has 8 atom stereocenters. The number of nitrogens with one attached hydrogen (secondary N) is 1. The summed E-state index contributed by atoms with van der Waals surface area (Å²) in [6.07, 6.45) is 16.7. The van der Waals surface area contributed by atoms with E-state index >= 15 is 0 Å². The van der Waals surface area contributed by atoms with Gasteiger partial charge in [0.1, 0.15) is 6.10 Å². The van der Waals surface area contributed by atoms with Crippen molar-refractivity contribution in [3.8, 4) is 0 Å². The molecule has 1 unspecified atom stereocenters. The summed E-state index contributed by atoms with van der Waals surface area (Å²) in [5.41, 5.74) is 2.44. The third-order valence-corrected chi connectivity index (χ3v) is 12.5. The third kappa shape index (κ3) is 6.63. The number of fused-ring (bicyclic) bond motifs is 5. The SMILES string of the molecule is CC(C)CCC[C@@H](C)[C@H]1CC[C@H]2[C@@H]3CC=C4C[C@@H](OC(=O)NCCN(C(C)C)C(C)C)CC[C@]4(C)C3CC[C@]12C. The maximum absolute atomic E-state index is 12.7. The van der Waals surface area contributed by atoms with Crippen LogP contribution in [-0.4, -0.2) is 42.3 Å². The van der Waals surface area contributed by atoms with Gasteiger partial charge in [-0.15, -0.1) is 0 Å². The first-order valence-electron chi connectivity index (χ1n) is 17.3. The van der Waals surface area contributed by atoms with E-state index in [1.807, 2.05) is 0 Å². The smallest absolute Gasteiger partial charge is 0.407 e. The molecule has 0 radical (unpaired) electrons. The Morgan fingerprint density at radius 3 is 2.38 bits per heavy atom. The van der Waals surface area contributed by atoms with Gasteiger partial charge in [-0.25, -0.2) is 4.79 Å². The Hall–Kier alpha value is -1.03. The first kappa shape index (κ1) is 31.9. The van der Waals surface area contributed by atoms with E-state index in [1.165, 1.54) is 57.8 Å². The summed E-state index contributed by atoms with van der Waals surface area (Å²) in [5.74, 6) is 5.18. The molecule has 0 aliphatic heterocycles. The normalized spacial score (nSPS) is 36.3. The molecule has 230 valence electrons. The quantitative estimate of drug-likeness (QED) is 0.258. The van der Waals surface area contributed by atoms with Crippen molar-refractivity contribution in [2.75, 3.05) is 13.1 Å². The number of ether oxygens (including phenoxy) is 1. The molecule has 0 aromatic heterocycles. The Morgan fingerprint density at radius 1 is 0.975 bits per heavy atom. The number of carbonyl (C=O) groups excluding carboxylic acids is 1. The lowest BCUT2D eigenvalue weighted by atomic mass is 9.47. The van der Waals surface area contributed by atoms with Gasteiger partial charge in [0.2, 0.25) is 0 Å². The van der Waals surface area contributed by atoms with Gasteiger partial charge in [0.15, 0.2) is 0 Å². The Bertz CT molecular complexity index is 872. The lowest BCUT2D eigenvalue weighted by molar-refractivity contribution is -0.0581. The van der Waals surface area contributed by atoms with E-state index in [2.05, 4.69) is 78.6 Å². The summed E-state index contributed by atoms with van der Waals surface area (Å²) in [6, 6.07) is 0.948. The average molecular weight is 557 g/mol. The van der Waals surface area contributed by atoms with Crippen molar-refractivity contribution in [1.82, 2.24) is 10.2 Å². The van der Waals surface area contributed by atoms with Crippen LogP contribution < -0.4 is 5.32 Å². The van der Waals surface area contributed by atoms with Gasteiger partial charge in [0.25, 0.3) is 0 Å². The summed E-state index contributed by atoms with van der Waals surface area (Å²) >= 11 is 0. The van der Waals surface area contributed by atoms with Crippen molar-refractivity contribution < 1.29 is 9.53 Å². The minimum Gasteiger partial charge on any atom is -0.446 e. The van der Waals surface area contributed by atoms with Crippen LogP contribution in [-0.2, 0) is 4.74 Å². The van der Waals surface area contributed by atoms with Crippen LogP contribution in [0, 0.1) is 46.3 Å². The largest absolute Gasteiger partial charge is 0.446 e. The second kappa shape index (κ2) is 13.1. The zero-order chi connectivity index (χ0) is 29.2. The van der Waals surface area contributed by atoms with Crippen LogP contribution in [0.15, 0.2) is 11.6 Å². The van der Waals surface area contributed by atoms with Crippen LogP contribution in [0.5, 0.6) is 0 Å². The molecule has 4 rings (SSSR count). The van der Waals surface area contributed by atoms with Gasteiger partial charge in [-0.3, -0.25) is 4.90 Å². The number of carbonyl (C=O) groups is 1. The van der Waals surface area contributed by atoms with E-state index in [9.17, 15) is 4.79 Å². The number of amides is 1. The molecule has 40 heavy (non-hydrogen) atoms. The third-order valence-electron chi connectivity index (χ3n) is 12.5. The second-order valence-electron chi connectivity index (χ2n) is 15.9. The molecule has 3 saturated carbocycles. The molecule has 1 N–H and O–H groups in total. The fourth-order valence-corrected chi connectivity index (χ4v) is 10.3. The molecule has 0 bridgehead atoms. The highest BCUT2D eigenvalue weighted by Gasteiger charge is 2.59. The standard InChI is InChI=1S/C36H64N2O2/c1-24(2)11-10-12-27(7)31-15-16-32-30-14-13-28-23-29(17-19-35(28,8)33(30)18-20-36(31,32)9)40-34(39)37-21-22-38(25(3)4)26(5)6/h13,24-27,29-33H,10-12,14-23H2,1-9H3,(H,37,39)/t27-,29+,30+,31-,32+,33?,35+,36-/m1/s1. The summed E-state index contributed by atoms with van der Waals surface area (Å²) < 4.78 is 5.99. The molecule has 0 spiro atoms. The predicted molar refractivity (Wildman–Crippen MR) is 168 cm³/mol. The van der Waals surface area contributed by atoms with Gasteiger partial charge in [0.05, 0.1) is 0 Å². The molecule has 1 amide bonds. The van der Waals surface area contributed by atoms with Crippen LogP contribution >= 0.6 is 0 Å².